The molecule has 0 saturated carbocycles. The summed E-state index contributed by atoms with van der Waals surface area (Å²) in [6.07, 6.45) is -0.545. The molecule has 124 valence electrons. The number of alkyl halides is 2. The van der Waals surface area contributed by atoms with E-state index >= 15 is 0 Å². The molecule has 0 aliphatic carbocycles. The number of aryl methyl sites for hydroxylation is 1. The lowest BCUT2D eigenvalue weighted by Crippen LogP contribution is -2.41. The molecule has 0 fully saturated rings. The maximum atomic E-state index is 12.3. The second kappa shape index (κ2) is 7.71. The highest BCUT2D eigenvalue weighted by atomic mass is 19.3. The molecule has 0 aliphatic rings. The second-order valence-electron chi connectivity index (χ2n) is 5.30. The van der Waals surface area contributed by atoms with Crippen LogP contribution in [0.2, 0.25) is 0 Å². The molecule has 1 heterocycles. The van der Waals surface area contributed by atoms with Gasteiger partial charge in [-0.2, -0.15) is 0 Å². The highest BCUT2D eigenvalue weighted by Crippen LogP contribution is 2.19. The Hall–Kier alpha value is -2.44. The molecule has 3 N–H and O–H groups in total. The third-order valence-corrected chi connectivity index (χ3v) is 3.57. The molecule has 2 aromatic rings. The minimum atomic E-state index is -2.78. The van der Waals surface area contributed by atoms with Gasteiger partial charge in [0.15, 0.2) is 0 Å². The molecule has 5 nitrogen and oxygen atoms in total. The van der Waals surface area contributed by atoms with Crippen LogP contribution in [0.15, 0.2) is 30.5 Å². The predicted octanol–water partition coefficient (Wildman–Crippen LogP) is 2.72. The molecule has 1 amide bonds. The molecule has 0 spiro atoms. The molecule has 1 atom stereocenters. The first kappa shape index (κ1) is 16.9. The number of carboxylic acids is 1. The highest BCUT2D eigenvalue weighted by molar-refractivity contribution is 5.84. The van der Waals surface area contributed by atoms with E-state index in [0.29, 0.717) is 12.8 Å². The Morgan fingerprint density at radius 2 is 2.00 bits per heavy atom. The Kier molecular flexibility index (Phi) is 5.67. The van der Waals surface area contributed by atoms with Crippen LogP contribution in [0.25, 0.3) is 10.9 Å². The van der Waals surface area contributed by atoms with E-state index in [4.69, 9.17) is 5.11 Å². The zero-order valence-corrected chi connectivity index (χ0v) is 12.4. The van der Waals surface area contributed by atoms with E-state index in [1.807, 2.05) is 30.5 Å². The number of fused-ring (bicyclic) bond motifs is 1. The Balaban J connectivity index is 1.83. The van der Waals surface area contributed by atoms with Gasteiger partial charge in [-0.3, -0.25) is 4.79 Å². The number of rotatable bonds is 8. The number of carbonyl (C=O) groups is 2. The van der Waals surface area contributed by atoms with E-state index in [-0.39, 0.29) is 6.42 Å². The van der Waals surface area contributed by atoms with Crippen molar-refractivity contribution in [3.05, 3.63) is 36.0 Å². The third-order valence-electron chi connectivity index (χ3n) is 3.57. The minimum absolute atomic E-state index is 0.0898. The number of amides is 1. The monoisotopic (exact) mass is 324 g/mol. The first-order valence-electron chi connectivity index (χ1n) is 7.32. The van der Waals surface area contributed by atoms with Crippen molar-refractivity contribution < 1.29 is 23.5 Å². The van der Waals surface area contributed by atoms with Crippen LogP contribution >= 0.6 is 0 Å². The van der Waals surface area contributed by atoms with Crippen molar-refractivity contribution in [2.24, 2.45) is 0 Å². The van der Waals surface area contributed by atoms with Crippen molar-refractivity contribution in [1.82, 2.24) is 10.3 Å². The summed E-state index contributed by atoms with van der Waals surface area (Å²) in [6.45, 7) is 0. The van der Waals surface area contributed by atoms with Crippen LogP contribution in [0.1, 0.15) is 24.8 Å². The lowest BCUT2D eigenvalue weighted by molar-refractivity contribution is -0.143. The van der Waals surface area contributed by atoms with Crippen LogP contribution in [-0.2, 0) is 16.0 Å². The summed E-state index contributed by atoms with van der Waals surface area (Å²) in [7, 11) is 0. The van der Waals surface area contributed by atoms with Gasteiger partial charge in [0, 0.05) is 29.9 Å². The Morgan fingerprint density at radius 1 is 1.26 bits per heavy atom. The van der Waals surface area contributed by atoms with Crippen LogP contribution in [0.4, 0.5) is 8.78 Å². The molecular formula is C16H18F2N2O3. The molecular weight excluding hydrogens is 306 g/mol. The number of nitrogens with one attached hydrogen (secondary N) is 2. The van der Waals surface area contributed by atoms with Gasteiger partial charge in [-0.05, 0) is 24.5 Å². The van der Waals surface area contributed by atoms with E-state index in [2.05, 4.69) is 10.3 Å². The fourth-order valence-electron chi connectivity index (χ4n) is 2.44. The number of H-pyrrole nitrogens is 1. The smallest absolute Gasteiger partial charge is 0.326 e. The highest BCUT2D eigenvalue weighted by Gasteiger charge is 2.23. The number of carbonyl (C=O) groups excluding carboxylic acids is 1. The summed E-state index contributed by atoms with van der Waals surface area (Å²) in [5.74, 6) is -1.98. The molecule has 1 unspecified atom stereocenters. The van der Waals surface area contributed by atoms with Crippen LogP contribution in [0, 0.1) is 0 Å². The number of benzene rings is 1. The van der Waals surface area contributed by atoms with Crippen molar-refractivity contribution in [2.75, 3.05) is 0 Å². The Labute approximate surface area is 131 Å². The van der Waals surface area contributed by atoms with Crippen LogP contribution < -0.4 is 5.32 Å². The summed E-state index contributed by atoms with van der Waals surface area (Å²) < 4.78 is 24.5. The lowest BCUT2D eigenvalue weighted by atomic mass is 10.1. The quantitative estimate of drug-likeness (QED) is 0.698. The van der Waals surface area contributed by atoms with E-state index in [9.17, 15) is 18.4 Å². The molecule has 1 aromatic carbocycles. The topological polar surface area (TPSA) is 82.2 Å². The van der Waals surface area contributed by atoms with Gasteiger partial charge in [-0.25, -0.2) is 13.6 Å². The lowest BCUT2D eigenvalue weighted by Gasteiger charge is -2.13. The summed E-state index contributed by atoms with van der Waals surface area (Å²) in [5, 5.41) is 12.0. The maximum absolute atomic E-state index is 12.3. The zero-order chi connectivity index (χ0) is 16.8. The van der Waals surface area contributed by atoms with Gasteiger partial charge >= 0.3 is 5.97 Å². The number of aromatic amines is 1. The largest absolute Gasteiger partial charge is 0.480 e. The van der Waals surface area contributed by atoms with Crippen molar-refractivity contribution in [3.8, 4) is 0 Å². The summed E-state index contributed by atoms with van der Waals surface area (Å²) >= 11 is 0. The van der Waals surface area contributed by atoms with Crippen LogP contribution in [0.5, 0.6) is 0 Å². The average molecular weight is 324 g/mol. The predicted molar refractivity (Wildman–Crippen MR) is 81.4 cm³/mol. The SMILES string of the molecule is O=C(CCCc1c[nH]c2ccccc12)NC(CC(F)F)C(=O)O. The standard InChI is InChI=1S/C16H18F2N2O3/c17-14(18)8-13(16(22)23)20-15(21)7-3-4-10-9-19-12-6-2-1-5-11(10)12/h1-2,5-6,9,13-14,19H,3-4,7-8H2,(H,20,21)(H,22,23). The van der Waals surface area contributed by atoms with Gasteiger partial charge in [-0.15, -0.1) is 0 Å². The van der Waals surface area contributed by atoms with E-state index in [0.717, 1.165) is 16.5 Å². The second-order valence-corrected chi connectivity index (χ2v) is 5.30. The molecule has 0 bridgehead atoms. The van der Waals surface area contributed by atoms with E-state index in [1.54, 1.807) is 0 Å². The maximum Gasteiger partial charge on any atom is 0.326 e. The summed E-state index contributed by atoms with van der Waals surface area (Å²) in [5.41, 5.74) is 2.07. The summed E-state index contributed by atoms with van der Waals surface area (Å²) in [4.78, 5) is 25.7. The average Bonchev–Trinajstić information content (AvgIpc) is 2.89. The zero-order valence-electron chi connectivity index (χ0n) is 12.4. The third kappa shape index (κ3) is 4.77. The number of aliphatic carboxylic acids is 1. The van der Waals surface area contributed by atoms with Crippen LogP contribution in [0.3, 0.4) is 0 Å². The van der Waals surface area contributed by atoms with Gasteiger partial charge in [0.05, 0.1) is 0 Å². The van der Waals surface area contributed by atoms with Crippen LogP contribution in [-0.4, -0.2) is 34.4 Å². The van der Waals surface area contributed by atoms with Crippen molar-refractivity contribution in [3.63, 3.8) is 0 Å². The summed E-state index contributed by atoms with van der Waals surface area (Å²) in [6, 6.07) is 6.23. The number of hydrogen-bond donors (Lipinski definition) is 3. The molecule has 7 heteroatoms. The number of hydrogen-bond acceptors (Lipinski definition) is 2. The number of halogens is 2. The van der Waals surface area contributed by atoms with E-state index in [1.165, 1.54) is 0 Å². The van der Waals surface area contributed by atoms with Gasteiger partial charge in [0.1, 0.15) is 6.04 Å². The van der Waals surface area contributed by atoms with Gasteiger partial charge in [0.25, 0.3) is 0 Å². The van der Waals surface area contributed by atoms with E-state index < -0.39 is 30.8 Å². The van der Waals surface area contributed by atoms with Crippen molar-refractivity contribution in [2.45, 2.75) is 38.2 Å². The molecule has 0 aliphatic heterocycles. The first-order chi connectivity index (χ1) is 11.0. The molecule has 2 rings (SSSR count). The normalized spacial score (nSPS) is 12.5. The molecule has 0 radical (unpaired) electrons. The first-order valence-corrected chi connectivity index (χ1v) is 7.32. The minimum Gasteiger partial charge on any atom is -0.480 e. The van der Waals surface area contributed by atoms with Gasteiger partial charge < -0.3 is 15.4 Å². The molecule has 23 heavy (non-hydrogen) atoms. The number of aromatic nitrogens is 1. The van der Waals surface area contributed by atoms with Gasteiger partial charge in [0.2, 0.25) is 12.3 Å². The van der Waals surface area contributed by atoms with Crippen molar-refractivity contribution >= 4 is 22.8 Å². The molecule has 0 saturated heterocycles. The fourth-order valence-corrected chi connectivity index (χ4v) is 2.44. The number of para-hydroxylation sites is 1. The molecule has 1 aromatic heterocycles. The fraction of sp³-hybridized carbons (Fsp3) is 0.375. The number of carboxylic acid groups (broad SMARTS) is 1. The Bertz CT molecular complexity index is 685. The van der Waals surface area contributed by atoms with Gasteiger partial charge in [-0.1, -0.05) is 18.2 Å². The Morgan fingerprint density at radius 3 is 2.70 bits per heavy atom. The van der Waals surface area contributed by atoms with Crippen molar-refractivity contribution in [1.29, 1.82) is 0 Å².